The molecular formula is C7H6ClNO3. The van der Waals surface area contributed by atoms with Gasteiger partial charge < -0.3 is 4.29 Å². The van der Waals surface area contributed by atoms with Gasteiger partial charge in [-0.25, -0.2) is 5.48 Å². The van der Waals surface area contributed by atoms with E-state index in [1.165, 1.54) is 17.6 Å². The van der Waals surface area contributed by atoms with Gasteiger partial charge in [0.05, 0.1) is 5.56 Å². The molecule has 4 nitrogen and oxygen atoms in total. The number of hydroxylamine groups is 1. The van der Waals surface area contributed by atoms with Crippen LogP contribution in [-0.2, 0) is 0 Å². The number of carbonyl (C=O) groups is 1. The van der Waals surface area contributed by atoms with Crippen LogP contribution in [0.3, 0.4) is 0 Å². The lowest BCUT2D eigenvalue weighted by Gasteiger charge is -2.02. The molecule has 0 heterocycles. The maximum atomic E-state index is 10.9. The number of para-hydroxylation sites is 1. The van der Waals surface area contributed by atoms with E-state index in [-0.39, 0.29) is 11.3 Å². The van der Waals surface area contributed by atoms with E-state index in [0.717, 1.165) is 0 Å². The minimum absolute atomic E-state index is 0.176. The van der Waals surface area contributed by atoms with Crippen LogP contribution in [0.1, 0.15) is 10.4 Å². The molecule has 0 radical (unpaired) electrons. The molecule has 1 aromatic rings. The van der Waals surface area contributed by atoms with Crippen LogP contribution in [0.2, 0.25) is 0 Å². The summed E-state index contributed by atoms with van der Waals surface area (Å²) in [6.07, 6.45) is 0. The van der Waals surface area contributed by atoms with E-state index >= 15 is 0 Å². The van der Waals surface area contributed by atoms with E-state index in [4.69, 9.17) is 17.1 Å². The number of rotatable bonds is 2. The average molecular weight is 188 g/mol. The quantitative estimate of drug-likeness (QED) is 0.543. The highest BCUT2D eigenvalue weighted by molar-refractivity contribution is 6.10. The zero-order valence-corrected chi connectivity index (χ0v) is 6.71. The van der Waals surface area contributed by atoms with Crippen molar-refractivity contribution in [2.75, 3.05) is 0 Å². The summed E-state index contributed by atoms with van der Waals surface area (Å²) in [5.41, 5.74) is 1.65. The van der Waals surface area contributed by atoms with Gasteiger partial charge in [-0.05, 0) is 12.1 Å². The Labute approximate surface area is 73.8 Å². The molecule has 5 heteroatoms. The fourth-order valence-electron chi connectivity index (χ4n) is 0.782. The van der Waals surface area contributed by atoms with Crippen LogP contribution in [0.4, 0.5) is 0 Å². The maximum absolute atomic E-state index is 10.9. The first kappa shape index (κ1) is 8.83. The van der Waals surface area contributed by atoms with Crippen LogP contribution in [0.15, 0.2) is 24.3 Å². The lowest BCUT2D eigenvalue weighted by Crippen LogP contribution is -2.18. The zero-order valence-electron chi connectivity index (χ0n) is 5.95. The van der Waals surface area contributed by atoms with Crippen LogP contribution >= 0.6 is 11.9 Å². The molecule has 12 heavy (non-hydrogen) atoms. The summed E-state index contributed by atoms with van der Waals surface area (Å²) < 4.78 is 4.37. The minimum Gasteiger partial charge on any atom is -0.385 e. The largest absolute Gasteiger partial charge is 0.385 e. The van der Waals surface area contributed by atoms with Crippen molar-refractivity contribution in [3.05, 3.63) is 29.8 Å². The molecule has 0 aromatic heterocycles. The summed E-state index contributed by atoms with van der Waals surface area (Å²) in [4.78, 5) is 10.9. The second-order valence-electron chi connectivity index (χ2n) is 2.01. The average Bonchev–Trinajstić information content (AvgIpc) is 2.16. The third-order valence-electron chi connectivity index (χ3n) is 1.32. The fourth-order valence-corrected chi connectivity index (χ4v) is 0.916. The van der Waals surface area contributed by atoms with Gasteiger partial charge in [-0.1, -0.05) is 12.1 Å². The molecule has 64 valence electrons. The topological polar surface area (TPSA) is 58.6 Å². The second kappa shape index (κ2) is 3.94. The summed E-state index contributed by atoms with van der Waals surface area (Å²) in [6, 6.07) is 6.27. The second-order valence-corrected chi connectivity index (χ2v) is 2.17. The SMILES string of the molecule is O=C(NO)c1ccccc1OCl. The van der Waals surface area contributed by atoms with Crippen LogP contribution < -0.4 is 9.77 Å². The van der Waals surface area contributed by atoms with Crippen LogP contribution in [-0.4, -0.2) is 11.1 Å². The first-order valence-electron chi connectivity index (χ1n) is 3.11. The fraction of sp³-hybridized carbons (Fsp3) is 0. The highest BCUT2D eigenvalue weighted by Gasteiger charge is 2.09. The van der Waals surface area contributed by atoms with Gasteiger partial charge in [-0.15, -0.1) is 0 Å². The first-order chi connectivity index (χ1) is 5.79. The van der Waals surface area contributed by atoms with Crippen molar-refractivity contribution in [1.82, 2.24) is 5.48 Å². The molecule has 0 fully saturated rings. The zero-order chi connectivity index (χ0) is 8.97. The van der Waals surface area contributed by atoms with Gasteiger partial charge in [0.25, 0.3) is 5.91 Å². The van der Waals surface area contributed by atoms with Crippen molar-refractivity contribution in [2.24, 2.45) is 0 Å². The van der Waals surface area contributed by atoms with Gasteiger partial charge in [0.15, 0.2) is 5.75 Å². The lowest BCUT2D eigenvalue weighted by molar-refractivity contribution is 0.0704. The summed E-state index contributed by atoms with van der Waals surface area (Å²) in [7, 11) is 0. The first-order valence-corrected chi connectivity index (χ1v) is 3.42. The highest BCUT2D eigenvalue weighted by atomic mass is 35.5. The van der Waals surface area contributed by atoms with Gasteiger partial charge in [-0.3, -0.25) is 10.0 Å². The summed E-state index contributed by atoms with van der Waals surface area (Å²) in [5, 5.41) is 8.31. The molecule has 0 spiro atoms. The summed E-state index contributed by atoms with van der Waals surface area (Å²) >= 11 is 5.07. The van der Waals surface area contributed by atoms with Crippen molar-refractivity contribution in [1.29, 1.82) is 0 Å². The van der Waals surface area contributed by atoms with E-state index in [1.54, 1.807) is 12.1 Å². The van der Waals surface area contributed by atoms with Gasteiger partial charge in [0.2, 0.25) is 0 Å². The molecule has 0 aliphatic rings. The van der Waals surface area contributed by atoms with E-state index in [2.05, 4.69) is 4.29 Å². The number of halogens is 1. The Morgan fingerprint density at radius 3 is 2.75 bits per heavy atom. The lowest BCUT2D eigenvalue weighted by atomic mass is 10.2. The van der Waals surface area contributed by atoms with E-state index in [1.807, 2.05) is 0 Å². The Hall–Kier alpha value is -1.26. The van der Waals surface area contributed by atoms with Gasteiger partial charge >= 0.3 is 0 Å². The van der Waals surface area contributed by atoms with Gasteiger partial charge in [0.1, 0.15) is 11.9 Å². The Morgan fingerprint density at radius 2 is 2.17 bits per heavy atom. The molecule has 0 saturated carbocycles. The van der Waals surface area contributed by atoms with E-state index in [9.17, 15) is 4.79 Å². The molecule has 1 amide bonds. The standard InChI is InChI=1S/C7H6ClNO3/c8-12-6-4-2-1-3-5(6)7(10)9-11/h1-4,11H,(H,9,10). The smallest absolute Gasteiger partial charge is 0.278 e. The number of amides is 1. The normalized spacial score (nSPS) is 9.17. The van der Waals surface area contributed by atoms with Crippen molar-refractivity contribution in [2.45, 2.75) is 0 Å². The van der Waals surface area contributed by atoms with Crippen molar-refractivity contribution >= 4 is 17.8 Å². The molecule has 0 bridgehead atoms. The summed E-state index contributed by atoms with van der Waals surface area (Å²) in [6.45, 7) is 0. The highest BCUT2D eigenvalue weighted by Crippen LogP contribution is 2.18. The van der Waals surface area contributed by atoms with Crippen LogP contribution in [0.5, 0.6) is 5.75 Å². The molecule has 0 aliphatic heterocycles. The Bertz CT molecular complexity index is 290. The van der Waals surface area contributed by atoms with Crippen LogP contribution in [0.25, 0.3) is 0 Å². The predicted molar refractivity (Wildman–Crippen MR) is 42.2 cm³/mol. The third-order valence-corrected chi connectivity index (χ3v) is 1.48. The van der Waals surface area contributed by atoms with Crippen molar-refractivity contribution in [3.63, 3.8) is 0 Å². The molecule has 1 rings (SSSR count). The molecule has 0 saturated heterocycles. The van der Waals surface area contributed by atoms with Crippen molar-refractivity contribution < 1.29 is 14.3 Å². The number of hydrogen-bond acceptors (Lipinski definition) is 3. The Morgan fingerprint density at radius 1 is 1.50 bits per heavy atom. The van der Waals surface area contributed by atoms with Gasteiger partial charge in [0, 0.05) is 0 Å². The van der Waals surface area contributed by atoms with E-state index in [0.29, 0.717) is 0 Å². The number of carbonyl (C=O) groups excluding carboxylic acids is 1. The molecule has 1 aromatic carbocycles. The predicted octanol–water partition coefficient (Wildman–Crippen LogP) is 1.34. The molecule has 0 unspecified atom stereocenters. The Kier molecular flexibility index (Phi) is 2.90. The number of benzene rings is 1. The minimum atomic E-state index is -0.661. The molecule has 0 aliphatic carbocycles. The number of hydrogen-bond donors (Lipinski definition) is 2. The Balaban J connectivity index is 3.04. The molecular weight excluding hydrogens is 182 g/mol. The molecule has 0 atom stereocenters. The third kappa shape index (κ3) is 1.66. The van der Waals surface area contributed by atoms with Crippen LogP contribution in [0, 0.1) is 0 Å². The monoisotopic (exact) mass is 187 g/mol. The maximum Gasteiger partial charge on any atom is 0.278 e. The van der Waals surface area contributed by atoms with E-state index < -0.39 is 5.91 Å². The number of nitrogens with one attached hydrogen (secondary N) is 1. The molecule has 2 N–H and O–H groups in total. The summed E-state index contributed by atoms with van der Waals surface area (Å²) in [5.74, 6) is -0.461. The van der Waals surface area contributed by atoms with Gasteiger partial charge in [-0.2, -0.15) is 0 Å². The van der Waals surface area contributed by atoms with Crippen molar-refractivity contribution in [3.8, 4) is 5.75 Å².